The summed E-state index contributed by atoms with van der Waals surface area (Å²) in [4.78, 5) is 17.4. The Morgan fingerprint density at radius 1 is 0.941 bits per heavy atom. The van der Waals surface area contributed by atoms with Crippen LogP contribution in [0.1, 0.15) is 64.7 Å². The van der Waals surface area contributed by atoms with Crippen LogP contribution in [-0.2, 0) is 14.8 Å². The van der Waals surface area contributed by atoms with Crippen LogP contribution in [0.5, 0.6) is 0 Å². The van der Waals surface area contributed by atoms with Crippen LogP contribution < -0.4 is 0 Å². The van der Waals surface area contributed by atoms with E-state index in [4.69, 9.17) is 16.3 Å². The summed E-state index contributed by atoms with van der Waals surface area (Å²) in [6.07, 6.45) is 8.67. The summed E-state index contributed by atoms with van der Waals surface area (Å²) in [5.41, 5.74) is 0. The molecule has 4 rings (SSSR count). The molecule has 3 heterocycles. The molecule has 3 aliphatic heterocycles. The van der Waals surface area contributed by atoms with Gasteiger partial charge in [0.05, 0.1) is 10.9 Å². The average Bonchev–Trinajstić information content (AvgIpc) is 2.87. The first-order chi connectivity index (χ1) is 16.4. The lowest BCUT2D eigenvalue weighted by molar-refractivity contribution is 0.0447. The molecule has 0 bridgehead atoms. The van der Waals surface area contributed by atoms with Crippen LogP contribution in [0.3, 0.4) is 0 Å². The summed E-state index contributed by atoms with van der Waals surface area (Å²) in [5.74, 6) is 0. The van der Waals surface area contributed by atoms with Crippen molar-refractivity contribution in [1.82, 2.24) is 14.1 Å². The molecule has 0 spiro atoms. The van der Waals surface area contributed by atoms with Crippen LogP contribution in [0.25, 0.3) is 0 Å². The van der Waals surface area contributed by atoms with Crippen LogP contribution in [0, 0.1) is 0 Å². The van der Waals surface area contributed by atoms with Gasteiger partial charge in [0.15, 0.2) is 0 Å². The molecule has 1 aromatic carbocycles. The molecule has 7 nitrogen and oxygen atoms in total. The summed E-state index contributed by atoms with van der Waals surface area (Å²) in [5, 5.41) is 0.499. The van der Waals surface area contributed by atoms with Crippen LogP contribution in [-0.4, -0.2) is 79.5 Å². The SMILES string of the molecule is CC[C@@H]1CCC[C@H](COC(=O)N2CCC(N3CCCCC3)CC2)N1S(=O)(=O)c1ccc(Cl)cc1. The maximum absolute atomic E-state index is 13.5. The summed E-state index contributed by atoms with van der Waals surface area (Å²) in [6.45, 7) is 5.86. The Morgan fingerprint density at radius 3 is 2.24 bits per heavy atom. The van der Waals surface area contributed by atoms with Crippen molar-refractivity contribution in [3.8, 4) is 0 Å². The van der Waals surface area contributed by atoms with Crippen LogP contribution >= 0.6 is 11.6 Å². The number of halogens is 1. The minimum atomic E-state index is -3.72. The minimum Gasteiger partial charge on any atom is -0.448 e. The highest BCUT2D eigenvalue weighted by atomic mass is 35.5. The molecule has 34 heavy (non-hydrogen) atoms. The van der Waals surface area contributed by atoms with Gasteiger partial charge in [-0.1, -0.05) is 31.4 Å². The number of ether oxygens (including phenoxy) is 1. The van der Waals surface area contributed by atoms with Crippen molar-refractivity contribution in [3.05, 3.63) is 29.3 Å². The van der Waals surface area contributed by atoms with E-state index < -0.39 is 10.0 Å². The Kier molecular flexibility index (Phi) is 8.77. The zero-order chi connectivity index (χ0) is 24.1. The molecule has 1 aromatic rings. The molecule has 0 saturated carbocycles. The monoisotopic (exact) mass is 511 g/mol. The van der Waals surface area contributed by atoms with Crippen LogP contribution in [0.15, 0.2) is 29.2 Å². The Balaban J connectivity index is 1.36. The molecule has 1 amide bonds. The third kappa shape index (κ3) is 5.89. The van der Waals surface area contributed by atoms with Crippen LogP contribution in [0.4, 0.5) is 4.79 Å². The van der Waals surface area contributed by atoms with Crippen molar-refractivity contribution in [2.24, 2.45) is 0 Å². The van der Waals surface area contributed by atoms with E-state index in [0.29, 0.717) is 30.6 Å². The van der Waals surface area contributed by atoms with Gasteiger partial charge >= 0.3 is 6.09 Å². The molecular weight excluding hydrogens is 474 g/mol. The standard InChI is InChI=1S/C25H38ClN3O4S/c1-2-21-7-6-8-23(29(21)34(31,32)24-11-9-20(26)10-12-24)19-33-25(30)28-17-13-22(14-18-28)27-15-4-3-5-16-27/h9-12,21-23H,2-8,13-19H2,1H3/t21-,23-/m1/s1. The Bertz CT molecular complexity index is 913. The van der Waals surface area contributed by atoms with Crippen molar-refractivity contribution in [1.29, 1.82) is 0 Å². The molecular formula is C25H38ClN3O4S. The second-order valence-corrected chi connectivity index (χ2v) is 12.1. The lowest BCUT2D eigenvalue weighted by Gasteiger charge is -2.41. The highest BCUT2D eigenvalue weighted by Crippen LogP contribution is 2.32. The van der Waals surface area contributed by atoms with Gasteiger partial charge in [-0.05, 0) is 82.3 Å². The molecule has 0 aromatic heterocycles. The second kappa shape index (κ2) is 11.6. The smallest absolute Gasteiger partial charge is 0.409 e. The first kappa shape index (κ1) is 25.7. The van der Waals surface area contributed by atoms with Crippen molar-refractivity contribution in [3.63, 3.8) is 0 Å². The van der Waals surface area contributed by atoms with Gasteiger partial charge in [0, 0.05) is 30.2 Å². The zero-order valence-corrected chi connectivity index (χ0v) is 21.8. The number of likely N-dealkylation sites (tertiary alicyclic amines) is 2. The molecule has 190 valence electrons. The van der Waals surface area contributed by atoms with E-state index >= 15 is 0 Å². The molecule has 3 saturated heterocycles. The van der Waals surface area contributed by atoms with E-state index in [-0.39, 0.29) is 29.7 Å². The zero-order valence-electron chi connectivity index (χ0n) is 20.2. The highest BCUT2D eigenvalue weighted by molar-refractivity contribution is 7.89. The van der Waals surface area contributed by atoms with E-state index in [1.807, 2.05) is 6.92 Å². The first-order valence-electron chi connectivity index (χ1n) is 12.8. The van der Waals surface area contributed by atoms with Crippen molar-refractivity contribution >= 4 is 27.7 Å². The fourth-order valence-corrected chi connectivity index (χ4v) is 7.81. The Hall–Kier alpha value is -1.35. The topological polar surface area (TPSA) is 70.2 Å². The van der Waals surface area contributed by atoms with E-state index in [9.17, 15) is 13.2 Å². The second-order valence-electron chi connectivity index (χ2n) is 9.83. The number of hydrogen-bond donors (Lipinski definition) is 0. The van der Waals surface area contributed by atoms with Gasteiger partial charge in [-0.15, -0.1) is 0 Å². The number of benzene rings is 1. The van der Waals surface area contributed by atoms with Gasteiger partial charge in [0.25, 0.3) is 0 Å². The lowest BCUT2D eigenvalue weighted by atomic mass is 9.97. The third-order valence-corrected chi connectivity index (χ3v) is 9.95. The fourth-order valence-electron chi connectivity index (χ4n) is 5.76. The van der Waals surface area contributed by atoms with Gasteiger partial charge < -0.3 is 14.5 Å². The quantitative estimate of drug-likeness (QED) is 0.551. The first-order valence-corrected chi connectivity index (χ1v) is 14.7. The molecule has 0 N–H and O–H groups in total. The highest BCUT2D eigenvalue weighted by Gasteiger charge is 2.40. The van der Waals surface area contributed by atoms with Gasteiger partial charge in [-0.3, -0.25) is 0 Å². The fraction of sp³-hybridized carbons (Fsp3) is 0.720. The normalized spacial score (nSPS) is 25.9. The van der Waals surface area contributed by atoms with Gasteiger partial charge in [-0.25, -0.2) is 13.2 Å². The average molecular weight is 512 g/mol. The Morgan fingerprint density at radius 2 is 1.59 bits per heavy atom. The number of sulfonamides is 1. The minimum absolute atomic E-state index is 0.0915. The summed E-state index contributed by atoms with van der Waals surface area (Å²) >= 11 is 5.97. The maximum atomic E-state index is 13.5. The number of rotatable bonds is 6. The molecule has 0 radical (unpaired) electrons. The molecule has 2 atom stereocenters. The van der Waals surface area contributed by atoms with Crippen molar-refractivity contribution in [2.45, 2.75) is 87.7 Å². The maximum Gasteiger partial charge on any atom is 0.409 e. The molecule has 3 fully saturated rings. The van der Waals surface area contributed by atoms with E-state index in [1.54, 1.807) is 33.5 Å². The number of carbonyl (C=O) groups is 1. The molecule has 0 aliphatic carbocycles. The number of piperidine rings is 3. The van der Waals surface area contributed by atoms with Gasteiger partial charge in [-0.2, -0.15) is 4.31 Å². The van der Waals surface area contributed by atoms with Gasteiger partial charge in [0.2, 0.25) is 10.0 Å². The number of nitrogens with zero attached hydrogens (tertiary/aromatic N) is 3. The van der Waals surface area contributed by atoms with Crippen molar-refractivity contribution < 1.29 is 17.9 Å². The van der Waals surface area contributed by atoms with Crippen LogP contribution in [0.2, 0.25) is 5.02 Å². The molecule has 3 aliphatic rings. The number of amides is 1. The summed E-state index contributed by atoms with van der Waals surface area (Å²) < 4.78 is 34.4. The predicted molar refractivity (Wildman–Crippen MR) is 134 cm³/mol. The third-order valence-electron chi connectivity index (χ3n) is 7.68. The van der Waals surface area contributed by atoms with Gasteiger partial charge in [0.1, 0.15) is 6.61 Å². The largest absolute Gasteiger partial charge is 0.448 e. The van der Waals surface area contributed by atoms with E-state index in [2.05, 4.69) is 4.90 Å². The molecule has 9 heteroatoms. The number of hydrogen-bond acceptors (Lipinski definition) is 5. The summed E-state index contributed by atoms with van der Waals surface area (Å²) in [6, 6.07) is 6.41. The van der Waals surface area contributed by atoms with Crippen molar-refractivity contribution in [2.75, 3.05) is 32.8 Å². The Labute approximate surface area is 209 Å². The number of carbonyl (C=O) groups excluding carboxylic acids is 1. The van der Waals surface area contributed by atoms with E-state index in [1.165, 1.54) is 32.4 Å². The summed E-state index contributed by atoms with van der Waals surface area (Å²) in [7, 11) is -3.72. The lowest BCUT2D eigenvalue weighted by Crippen LogP contribution is -2.52. The predicted octanol–water partition coefficient (Wildman–Crippen LogP) is 4.75. The van der Waals surface area contributed by atoms with E-state index in [0.717, 1.165) is 32.1 Å². The molecule has 0 unspecified atom stereocenters.